The van der Waals surface area contributed by atoms with E-state index in [4.69, 9.17) is 0 Å². The first-order valence-electron chi connectivity index (χ1n) is 20.5. The van der Waals surface area contributed by atoms with Crippen LogP contribution in [0.15, 0.2) is 138 Å². The van der Waals surface area contributed by atoms with Gasteiger partial charge in [0.25, 0.3) is 11.4 Å². The number of carbonyl (C=O) groups is 3. The number of H-pyrrole nitrogens is 1. The zero-order valence-corrected chi connectivity index (χ0v) is 37.8. The summed E-state index contributed by atoms with van der Waals surface area (Å²) in [7, 11) is 0. The second-order valence-corrected chi connectivity index (χ2v) is 15.8. The van der Waals surface area contributed by atoms with Gasteiger partial charge in [0.15, 0.2) is 17.3 Å². The van der Waals surface area contributed by atoms with Gasteiger partial charge in [-0.2, -0.15) is 0 Å². The Labute approximate surface area is 388 Å². The molecule has 0 saturated heterocycles. The number of Topliss-reactive ketones (excluding diaryl/α,β-unsaturated/α-hetero) is 3. The van der Waals surface area contributed by atoms with Crippen molar-refractivity contribution in [1.29, 1.82) is 0 Å². The highest BCUT2D eigenvalue weighted by Crippen LogP contribution is 2.34. The molecule has 0 spiro atoms. The van der Waals surface area contributed by atoms with E-state index < -0.39 is 21.5 Å². The van der Waals surface area contributed by atoms with Crippen molar-refractivity contribution < 1.29 is 41.8 Å². The number of nitro groups is 2. The number of halogens is 5. The lowest BCUT2D eigenvalue weighted by Gasteiger charge is -2.06. The van der Waals surface area contributed by atoms with E-state index in [1.807, 2.05) is 30.3 Å². The number of nitrogens with one attached hydrogen (secondary N) is 1. The van der Waals surface area contributed by atoms with E-state index in [1.165, 1.54) is 69.3 Å². The van der Waals surface area contributed by atoms with Gasteiger partial charge in [0.05, 0.1) is 20.9 Å². The Morgan fingerprint density at radius 1 is 0.567 bits per heavy atom. The van der Waals surface area contributed by atoms with E-state index in [-0.39, 0.29) is 50.4 Å². The number of rotatable bonds is 8. The molecule has 0 aliphatic rings. The Bertz CT molecular complexity index is 3400. The number of carbonyl (C=O) groups excluding carboxylic acids is 3. The van der Waals surface area contributed by atoms with Crippen LogP contribution in [0, 0.1) is 43.5 Å². The van der Waals surface area contributed by atoms with Gasteiger partial charge in [0.1, 0.15) is 27.7 Å². The van der Waals surface area contributed by atoms with Gasteiger partial charge >= 0.3 is 0 Å². The molecule has 16 heteroatoms. The van der Waals surface area contributed by atoms with Crippen LogP contribution in [0.3, 0.4) is 0 Å². The highest BCUT2D eigenvalue weighted by Gasteiger charge is 2.20. The van der Waals surface area contributed by atoms with Crippen molar-refractivity contribution in [2.24, 2.45) is 0 Å². The SMILES string of the molecule is CC(=O)c1ccc2[nH]c3cccc(F)c3c2c1.CC(=O)c1cccc(-c2c(F)cccc2[N+](=O)[O-])c1.CCCn1c2ccc(C(C)=O)cc2c2c(F)cccc21.O=[N+]([O-])c1cccc(F)c1Br. The molecule has 0 aliphatic heterocycles. The van der Waals surface area contributed by atoms with Gasteiger partial charge in [-0.05, 0) is 128 Å². The third-order valence-electron chi connectivity index (χ3n) is 10.5. The number of aryl methyl sites for hydroxylation is 1. The number of ketones is 3. The maximum absolute atomic E-state index is 14.2. The molecule has 2 aromatic heterocycles. The zero-order valence-electron chi connectivity index (χ0n) is 36.2. The molecule has 9 aromatic rings. The van der Waals surface area contributed by atoms with Crippen LogP contribution in [-0.4, -0.2) is 36.7 Å². The summed E-state index contributed by atoms with van der Waals surface area (Å²) >= 11 is 2.76. The molecule has 7 aromatic carbocycles. The number of fused-ring (bicyclic) bond motifs is 6. The molecule has 0 amide bonds. The molecule has 0 bridgehead atoms. The van der Waals surface area contributed by atoms with Crippen molar-refractivity contribution >= 4 is 88.3 Å². The Morgan fingerprint density at radius 3 is 1.70 bits per heavy atom. The van der Waals surface area contributed by atoms with Crippen molar-refractivity contribution in [1.82, 2.24) is 9.55 Å². The van der Waals surface area contributed by atoms with Crippen LogP contribution in [0.4, 0.5) is 28.9 Å². The van der Waals surface area contributed by atoms with Crippen LogP contribution in [0.1, 0.15) is 65.2 Å². The maximum atomic E-state index is 14.2. The monoisotopic (exact) mass is 974 g/mol. The average Bonchev–Trinajstić information content (AvgIpc) is 3.84. The molecular formula is C51H39BrF4N4O7. The van der Waals surface area contributed by atoms with Gasteiger partial charge < -0.3 is 9.55 Å². The van der Waals surface area contributed by atoms with Crippen LogP contribution in [0.25, 0.3) is 54.7 Å². The lowest BCUT2D eigenvalue weighted by atomic mass is 10.00. The molecule has 0 atom stereocenters. The number of nitrogens with zero attached hydrogens (tertiary/aromatic N) is 3. The predicted molar refractivity (Wildman–Crippen MR) is 255 cm³/mol. The molecule has 0 radical (unpaired) electrons. The summed E-state index contributed by atoms with van der Waals surface area (Å²) in [6.07, 6.45) is 0.976. The molecule has 11 nitrogen and oxygen atoms in total. The van der Waals surface area contributed by atoms with Crippen molar-refractivity contribution in [2.75, 3.05) is 0 Å². The Hall–Kier alpha value is -7.85. The summed E-state index contributed by atoms with van der Waals surface area (Å²) in [5, 5.41) is 23.9. The average molecular weight is 976 g/mol. The van der Waals surface area contributed by atoms with Crippen LogP contribution in [0.2, 0.25) is 0 Å². The third-order valence-corrected chi connectivity index (χ3v) is 11.3. The Balaban J connectivity index is 0.000000150. The highest BCUT2D eigenvalue weighted by atomic mass is 79.9. The van der Waals surface area contributed by atoms with Gasteiger partial charge in [-0.1, -0.05) is 49.4 Å². The lowest BCUT2D eigenvalue weighted by molar-refractivity contribution is -0.385. The molecular weight excluding hydrogens is 936 g/mol. The van der Waals surface area contributed by atoms with Gasteiger partial charge in [0.2, 0.25) is 0 Å². The number of benzene rings is 7. The van der Waals surface area contributed by atoms with Gasteiger partial charge in [-0.25, -0.2) is 17.6 Å². The molecule has 0 unspecified atom stereocenters. The summed E-state index contributed by atoms with van der Waals surface area (Å²) in [6, 6.07) is 34.4. The summed E-state index contributed by atoms with van der Waals surface area (Å²) in [4.78, 5) is 57.1. The Kier molecular flexibility index (Phi) is 15.2. The quantitative estimate of drug-likeness (QED) is 0.0687. The normalized spacial score (nSPS) is 10.7. The van der Waals surface area contributed by atoms with E-state index >= 15 is 0 Å². The standard InChI is InChI=1S/C17H16FNO.C14H10FNO3.C14H10FNO.C6H3BrFNO2/c1-3-9-19-15-8-7-12(11(2)20)10-13(15)17-14(18)5-4-6-16(17)19;1-9(17)10-4-2-5-11(8-10)14-12(15)6-3-7-13(14)16(18)19;1-8(17)9-5-6-12-10(7-9)14-11(15)3-2-4-13(14)16-12;7-6-4(8)2-1-3-5(6)9(10)11/h4-8,10H,3,9H2,1-2H3;2-8H,1H3;2-7,16H,1H3;1-3H. The molecule has 1 N–H and O–H groups in total. The molecule has 0 saturated carbocycles. The zero-order chi connectivity index (χ0) is 48.7. The molecule has 2 heterocycles. The third kappa shape index (κ3) is 10.7. The van der Waals surface area contributed by atoms with E-state index in [0.29, 0.717) is 33.0 Å². The van der Waals surface area contributed by atoms with E-state index in [9.17, 15) is 52.2 Å². The van der Waals surface area contributed by atoms with Crippen LogP contribution >= 0.6 is 15.9 Å². The number of nitro benzene ring substituents is 2. The number of hydrogen-bond donors (Lipinski definition) is 1. The van der Waals surface area contributed by atoms with Gasteiger partial charge in [0, 0.05) is 73.5 Å². The molecule has 0 fully saturated rings. The van der Waals surface area contributed by atoms with Crippen LogP contribution < -0.4 is 0 Å². The second kappa shape index (κ2) is 21.0. The predicted octanol–water partition coefficient (Wildman–Crippen LogP) is 14.3. The van der Waals surface area contributed by atoms with Gasteiger partial charge in [-0.3, -0.25) is 34.6 Å². The fourth-order valence-corrected chi connectivity index (χ4v) is 7.80. The van der Waals surface area contributed by atoms with E-state index in [2.05, 4.69) is 32.4 Å². The smallest absolute Gasteiger partial charge is 0.286 e. The van der Waals surface area contributed by atoms with E-state index in [1.54, 1.807) is 42.5 Å². The minimum Gasteiger partial charge on any atom is -0.354 e. The summed E-state index contributed by atoms with van der Waals surface area (Å²) in [5.41, 5.74) is 4.71. The first-order valence-corrected chi connectivity index (χ1v) is 21.3. The summed E-state index contributed by atoms with van der Waals surface area (Å²) < 4.78 is 56.4. The van der Waals surface area contributed by atoms with Gasteiger partial charge in [-0.15, -0.1) is 0 Å². The van der Waals surface area contributed by atoms with Crippen LogP contribution in [-0.2, 0) is 6.54 Å². The number of aromatic amines is 1. The molecule has 340 valence electrons. The first kappa shape index (κ1) is 48.6. The summed E-state index contributed by atoms with van der Waals surface area (Å²) in [6.45, 7) is 7.35. The first-order chi connectivity index (χ1) is 31.9. The topological polar surface area (TPSA) is 158 Å². The molecule has 0 aliphatic carbocycles. The molecule has 67 heavy (non-hydrogen) atoms. The number of hydrogen-bond acceptors (Lipinski definition) is 7. The van der Waals surface area contributed by atoms with Crippen molar-refractivity contribution in [3.05, 3.63) is 198 Å². The maximum Gasteiger partial charge on any atom is 0.286 e. The van der Waals surface area contributed by atoms with Crippen molar-refractivity contribution in [2.45, 2.75) is 40.7 Å². The fourth-order valence-electron chi connectivity index (χ4n) is 7.39. The fraction of sp³-hybridized carbons (Fsp3) is 0.118. The van der Waals surface area contributed by atoms with E-state index in [0.717, 1.165) is 57.9 Å². The second-order valence-electron chi connectivity index (χ2n) is 15.0. The summed E-state index contributed by atoms with van der Waals surface area (Å²) in [5.74, 6) is -2.01. The minimum atomic E-state index is -0.685. The van der Waals surface area contributed by atoms with Crippen LogP contribution in [0.5, 0.6) is 0 Å². The van der Waals surface area contributed by atoms with Crippen molar-refractivity contribution in [3.63, 3.8) is 0 Å². The van der Waals surface area contributed by atoms with Crippen molar-refractivity contribution in [3.8, 4) is 11.1 Å². The minimum absolute atomic E-state index is 0.000342. The molecule has 9 rings (SSSR count). The Morgan fingerprint density at radius 2 is 1.09 bits per heavy atom. The number of aromatic nitrogens is 2. The largest absolute Gasteiger partial charge is 0.354 e. The lowest BCUT2D eigenvalue weighted by Crippen LogP contribution is -1.97. The highest BCUT2D eigenvalue weighted by molar-refractivity contribution is 9.10.